The number of anilines is 2. The molecule has 1 saturated carbocycles. The van der Waals surface area contributed by atoms with Gasteiger partial charge in [-0.25, -0.2) is 4.79 Å². The summed E-state index contributed by atoms with van der Waals surface area (Å²) in [4.78, 5) is 14.3. The molecule has 0 spiro atoms. The van der Waals surface area contributed by atoms with Crippen molar-refractivity contribution in [1.82, 2.24) is 4.90 Å². The van der Waals surface area contributed by atoms with Gasteiger partial charge in [0.05, 0.1) is 6.61 Å². The van der Waals surface area contributed by atoms with Gasteiger partial charge in [0.1, 0.15) is 0 Å². The number of urea groups is 1. The smallest absolute Gasteiger partial charge is 0.322 e. The van der Waals surface area contributed by atoms with Crippen LogP contribution in [0, 0.1) is 5.92 Å². The molecule has 1 fully saturated rings. The summed E-state index contributed by atoms with van der Waals surface area (Å²) in [5.41, 5.74) is 7.08. The van der Waals surface area contributed by atoms with Gasteiger partial charge in [-0.05, 0) is 49.9 Å². The van der Waals surface area contributed by atoms with E-state index in [0.717, 1.165) is 5.69 Å². The highest BCUT2D eigenvalue weighted by atomic mass is 16.5. The molecule has 1 aliphatic rings. The molecule has 20 heavy (non-hydrogen) atoms. The predicted molar refractivity (Wildman–Crippen MR) is 80.6 cm³/mol. The topological polar surface area (TPSA) is 67.6 Å². The molecule has 0 saturated heterocycles. The summed E-state index contributed by atoms with van der Waals surface area (Å²) in [6.45, 7) is 3.26. The lowest BCUT2D eigenvalue weighted by molar-refractivity contribution is 0.134. The highest BCUT2D eigenvalue weighted by molar-refractivity contribution is 5.89. The van der Waals surface area contributed by atoms with Crippen molar-refractivity contribution in [2.24, 2.45) is 5.92 Å². The molecule has 0 radical (unpaired) electrons. The highest BCUT2D eigenvalue weighted by Crippen LogP contribution is 2.35. The average molecular weight is 277 g/mol. The quantitative estimate of drug-likeness (QED) is 0.785. The third kappa shape index (κ3) is 3.87. The van der Waals surface area contributed by atoms with Gasteiger partial charge in [0, 0.05) is 31.1 Å². The minimum absolute atomic E-state index is 0.0776. The van der Waals surface area contributed by atoms with Gasteiger partial charge in [0.25, 0.3) is 0 Å². The van der Waals surface area contributed by atoms with Crippen LogP contribution in [0.3, 0.4) is 0 Å². The third-order valence-corrected chi connectivity index (χ3v) is 3.75. The zero-order valence-corrected chi connectivity index (χ0v) is 12.1. The number of nitrogens with zero attached hydrogens (tertiary/aromatic N) is 1. The SMILES string of the molecule is COCCN(C(=O)Nc1ccc(N)cc1)C(C)C1CC1. The minimum Gasteiger partial charge on any atom is -0.399 e. The first-order valence-corrected chi connectivity index (χ1v) is 7.04. The van der Waals surface area contributed by atoms with Gasteiger partial charge < -0.3 is 20.7 Å². The van der Waals surface area contributed by atoms with Crippen molar-refractivity contribution in [2.45, 2.75) is 25.8 Å². The molecule has 1 atom stereocenters. The first kappa shape index (κ1) is 14.7. The Kier molecular flexibility index (Phi) is 4.84. The normalized spacial score (nSPS) is 15.7. The number of carbonyl (C=O) groups excluding carboxylic acids is 1. The number of nitrogen functional groups attached to an aromatic ring is 1. The Morgan fingerprint density at radius 1 is 1.45 bits per heavy atom. The van der Waals surface area contributed by atoms with Gasteiger partial charge in [0.15, 0.2) is 0 Å². The van der Waals surface area contributed by atoms with Crippen LogP contribution in [0.4, 0.5) is 16.2 Å². The second-order valence-corrected chi connectivity index (χ2v) is 5.32. The Labute approximate surface area is 120 Å². The molecule has 2 amide bonds. The van der Waals surface area contributed by atoms with Crippen LogP contribution in [-0.2, 0) is 4.74 Å². The maximum Gasteiger partial charge on any atom is 0.322 e. The van der Waals surface area contributed by atoms with Gasteiger partial charge in [-0.1, -0.05) is 0 Å². The molecule has 5 nitrogen and oxygen atoms in total. The Morgan fingerprint density at radius 2 is 2.10 bits per heavy atom. The van der Waals surface area contributed by atoms with Crippen molar-refractivity contribution in [3.8, 4) is 0 Å². The van der Waals surface area contributed by atoms with Crippen LogP contribution in [0.5, 0.6) is 0 Å². The Hall–Kier alpha value is -1.75. The van der Waals surface area contributed by atoms with Gasteiger partial charge in [0.2, 0.25) is 0 Å². The second kappa shape index (κ2) is 6.61. The first-order chi connectivity index (χ1) is 9.61. The summed E-state index contributed by atoms with van der Waals surface area (Å²) < 4.78 is 5.10. The third-order valence-electron chi connectivity index (χ3n) is 3.75. The Morgan fingerprint density at radius 3 is 2.65 bits per heavy atom. The molecule has 110 valence electrons. The number of amides is 2. The molecule has 5 heteroatoms. The fraction of sp³-hybridized carbons (Fsp3) is 0.533. The van der Waals surface area contributed by atoms with E-state index in [1.54, 1.807) is 19.2 Å². The summed E-state index contributed by atoms with van der Waals surface area (Å²) in [5, 5.41) is 2.92. The number of methoxy groups -OCH3 is 1. The lowest BCUT2D eigenvalue weighted by atomic mass is 10.2. The van der Waals surface area contributed by atoms with Gasteiger partial charge in [-0.3, -0.25) is 0 Å². The lowest BCUT2D eigenvalue weighted by Gasteiger charge is -2.29. The van der Waals surface area contributed by atoms with Crippen molar-refractivity contribution in [1.29, 1.82) is 0 Å². The summed E-state index contributed by atoms with van der Waals surface area (Å²) in [5.74, 6) is 0.629. The molecule has 3 N–H and O–H groups in total. The number of rotatable bonds is 6. The van der Waals surface area contributed by atoms with E-state index < -0.39 is 0 Å². The van der Waals surface area contributed by atoms with Crippen molar-refractivity contribution in [3.63, 3.8) is 0 Å². The maximum atomic E-state index is 12.4. The monoisotopic (exact) mass is 277 g/mol. The Bertz CT molecular complexity index is 443. The molecule has 1 unspecified atom stereocenters. The molecule has 1 aliphatic carbocycles. The van der Waals surface area contributed by atoms with E-state index >= 15 is 0 Å². The van der Waals surface area contributed by atoms with Crippen LogP contribution in [0.2, 0.25) is 0 Å². The largest absolute Gasteiger partial charge is 0.399 e. The highest BCUT2D eigenvalue weighted by Gasteiger charge is 2.34. The second-order valence-electron chi connectivity index (χ2n) is 5.32. The molecule has 0 aliphatic heterocycles. The van der Waals surface area contributed by atoms with E-state index in [2.05, 4.69) is 12.2 Å². The fourth-order valence-electron chi connectivity index (χ4n) is 2.27. The van der Waals surface area contributed by atoms with Crippen LogP contribution in [0.15, 0.2) is 24.3 Å². The zero-order chi connectivity index (χ0) is 14.5. The van der Waals surface area contributed by atoms with E-state index in [1.807, 2.05) is 17.0 Å². The number of hydrogen-bond acceptors (Lipinski definition) is 3. The molecule has 0 bridgehead atoms. The number of nitrogens with two attached hydrogens (primary N) is 1. The van der Waals surface area contributed by atoms with Crippen LogP contribution < -0.4 is 11.1 Å². The molecule has 2 rings (SSSR count). The van der Waals surface area contributed by atoms with Gasteiger partial charge in [-0.2, -0.15) is 0 Å². The van der Waals surface area contributed by atoms with Crippen LogP contribution >= 0.6 is 0 Å². The molecular formula is C15H23N3O2. The van der Waals surface area contributed by atoms with Crippen molar-refractivity contribution >= 4 is 17.4 Å². The Balaban J connectivity index is 1.99. The molecule has 1 aromatic carbocycles. The van der Waals surface area contributed by atoms with Crippen molar-refractivity contribution < 1.29 is 9.53 Å². The van der Waals surface area contributed by atoms with E-state index in [9.17, 15) is 4.79 Å². The summed E-state index contributed by atoms with van der Waals surface area (Å²) >= 11 is 0. The van der Waals surface area contributed by atoms with Gasteiger partial charge in [-0.15, -0.1) is 0 Å². The number of benzene rings is 1. The summed E-state index contributed by atoms with van der Waals surface area (Å²) in [6.07, 6.45) is 2.42. The maximum absolute atomic E-state index is 12.4. The first-order valence-electron chi connectivity index (χ1n) is 7.04. The van der Waals surface area contributed by atoms with Crippen molar-refractivity contribution in [3.05, 3.63) is 24.3 Å². The van der Waals surface area contributed by atoms with Crippen molar-refractivity contribution in [2.75, 3.05) is 31.3 Å². The lowest BCUT2D eigenvalue weighted by Crippen LogP contribution is -2.44. The van der Waals surface area contributed by atoms with E-state index in [4.69, 9.17) is 10.5 Å². The standard InChI is InChI=1S/C15H23N3O2/c1-11(12-3-4-12)18(9-10-20-2)15(19)17-14-7-5-13(16)6-8-14/h5-8,11-12H,3-4,9-10,16H2,1-2H3,(H,17,19). The van der Waals surface area contributed by atoms with Crippen LogP contribution in [0.1, 0.15) is 19.8 Å². The minimum atomic E-state index is -0.0776. The summed E-state index contributed by atoms with van der Waals surface area (Å²) in [7, 11) is 1.65. The van der Waals surface area contributed by atoms with E-state index in [1.165, 1.54) is 12.8 Å². The van der Waals surface area contributed by atoms with Crippen LogP contribution in [0.25, 0.3) is 0 Å². The zero-order valence-electron chi connectivity index (χ0n) is 12.1. The molecular weight excluding hydrogens is 254 g/mol. The van der Waals surface area contributed by atoms with E-state index in [-0.39, 0.29) is 12.1 Å². The predicted octanol–water partition coefficient (Wildman–Crippen LogP) is 2.55. The van der Waals surface area contributed by atoms with Gasteiger partial charge >= 0.3 is 6.03 Å². The van der Waals surface area contributed by atoms with Crippen LogP contribution in [-0.4, -0.2) is 37.2 Å². The fourth-order valence-corrected chi connectivity index (χ4v) is 2.27. The summed E-state index contributed by atoms with van der Waals surface area (Å²) in [6, 6.07) is 7.34. The average Bonchev–Trinajstić information content (AvgIpc) is 3.26. The molecule has 0 heterocycles. The number of carbonyl (C=O) groups is 1. The van der Waals surface area contributed by atoms with E-state index in [0.29, 0.717) is 24.8 Å². The number of ether oxygens (including phenoxy) is 1. The number of hydrogen-bond donors (Lipinski definition) is 2. The number of nitrogens with one attached hydrogen (secondary N) is 1. The molecule has 1 aromatic rings. The molecule has 0 aromatic heterocycles.